The van der Waals surface area contributed by atoms with Crippen LogP contribution in [-0.4, -0.2) is 30.2 Å². The Morgan fingerprint density at radius 3 is 2.89 bits per heavy atom. The summed E-state index contributed by atoms with van der Waals surface area (Å²) in [7, 11) is 2.03. The van der Waals surface area contributed by atoms with Crippen molar-refractivity contribution in [2.75, 3.05) is 13.7 Å². The predicted octanol–water partition coefficient (Wildman–Crippen LogP) is 3.87. The van der Waals surface area contributed by atoms with E-state index in [1.54, 1.807) is 12.1 Å². The van der Waals surface area contributed by atoms with Crippen LogP contribution in [0, 0.1) is 5.82 Å². The van der Waals surface area contributed by atoms with Crippen molar-refractivity contribution in [1.29, 1.82) is 0 Å². The molecule has 0 spiro atoms. The highest BCUT2D eigenvalue weighted by Gasteiger charge is 2.31. The lowest BCUT2D eigenvalue weighted by Gasteiger charge is -2.39. The minimum absolute atomic E-state index is 0.0932. The third-order valence-corrected chi connectivity index (χ3v) is 3.96. The molecule has 19 heavy (non-hydrogen) atoms. The van der Waals surface area contributed by atoms with Crippen LogP contribution in [0.25, 0.3) is 0 Å². The molecule has 1 heterocycles. The van der Waals surface area contributed by atoms with Crippen LogP contribution < -0.4 is 0 Å². The first kappa shape index (κ1) is 14.8. The molecule has 0 N–H and O–H groups in total. The van der Waals surface area contributed by atoms with Crippen molar-refractivity contribution in [1.82, 2.24) is 4.90 Å². The standard InChI is InChI=1S/C15H21ClFNO/c1-15(2)9-13(6-7-19-15)18(3)10-11-8-12(16)4-5-14(11)17/h4-5,8,13H,6-7,9-10H2,1-3H3/t13-/m1/s1. The highest BCUT2D eigenvalue weighted by Crippen LogP contribution is 2.28. The monoisotopic (exact) mass is 285 g/mol. The van der Waals surface area contributed by atoms with Gasteiger partial charge in [0.2, 0.25) is 0 Å². The maximum atomic E-state index is 13.7. The molecule has 2 rings (SSSR count). The summed E-state index contributed by atoms with van der Waals surface area (Å²) in [6, 6.07) is 5.14. The maximum absolute atomic E-state index is 13.7. The average Bonchev–Trinajstić information content (AvgIpc) is 2.32. The highest BCUT2D eigenvalue weighted by atomic mass is 35.5. The van der Waals surface area contributed by atoms with E-state index >= 15 is 0 Å². The van der Waals surface area contributed by atoms with E-state index in [1.807, 2.05) is 7.05 Å². The Morgan fingerprint density at radius 2 is 2.21 bits per heavy atom. The van der Waals surface area contributed by atoms with Gasteiger partial charge in [-0.2, -0.15) is 0 Å². The van der Waals surface area contributed by atoms with Gasteiger partial charge in [0, 0.05) is 29.8 Å². The Bertz CT molecular complexity index is 450. The van der Waals surface area contributed by atoms with Crippen molar-refractivity contribution in [2.45, 2.75) is 44.9 Å². The summed E-state index contributed by atoms with van der Waals surface area (Å²) in [5.74, 6) is -0.192. The Labute approximate surface area is 119 Å². The second-order valence-electron chi connectivity index (χ2n) is 5.91. The van der Waals surface area contributed by atoms with Crippen molar-refractivity contribution in [2.24, 2.45) is 0 Å². The minimum Gasteiger partial charge on any atom is -0.375 e. The van der Waals surface area contributed by atoms with Gasteiger partial charge in [0.25, 0.3) is 0 Å². The molecule has 2 nitrogen and oxygen atoms in total. The first-order chi connectivity index (χ1) is 8.87. The first-order valence-electron chi connectivity index (χ1n) is 6.65. The number of ether oxygens (including phenoxy) is 1. The Balaban J connectivity index is 2.04. The third-order valence-electron chi connectivity index (χ3n) is 3.72. The van der Waals surface area contributed by atoms with Crippen LogP contribution in [0.2, 0.25) is 5.02 Å². The van der Waals surface area contributed by atoms with Gasteiger partial charge in [-0.15, -0.1) is 0 Å². The fourth-order valence-electron chi connectivity index (χ4n) is 2.64. The average molecular weight is 286 g/mol. The third kappa shape index (κ3) is 3.91. The molecule has 0 amide bonds. The van der Waals surface area contributed by atoms with Crippen LogP contribution in [0.5, 0.6) is 0 Å². The van der Waals surface area contributed by atoms with Gasteiger partial charge in [0.15, 0.2) is 0 Å². The Kier molecular flexibility index (Phi) is 4.49. The largest absolute Gasteiger partial charge is 0.375 e. The van der Waals surface area contributed by atoms with Crippen molar-refractivity contribution < 1.29 is 9.13 Å². The highest BCUT2D eigenvalue weighted by molar-refractivity contribution is 6.30. The lowest BCUT2D eigenvalue weighted by atomic mass is 9.93. The van der Waals surface area contributed by atoms with E-state index in [-0.39, 0.29) is 11.4 Å². The van der Waals surface area contributed by atoms with E-state index in [0.717, 1.165) is 19.4 Å². The van der Waals surface area contributed by atoms with E-state index in [0.29, 0.717) is 23.2 Å². The summed E-state index contributed by atoms with van der Waals surface area (Å²) in [6.45, 7) is 5.55. The predicted molar refractivity (Wildman–Crippen MR) is 75.9 cm³/mol. The van der Waals surface area contributed by atoms with Gasteiger partial charge in [-0.3, -0.25) is 4.90 Å². The quantitative estimate of drug-likeness (QED) is 0.836. The van der Waals surface area contributed by atoms with Crippen LogP contribution in [-0.2, 0) is 11.3 Å². The summed E-state index contributed by atoms with van der Waals surface area (Å²) in [6.07, 6.45) is 1.95. The molecule has 0 bridgehead atoms. The zero-order valence-corrected chi connectivity index (χ0v) is 12.5. The molecule has 0 unspecified atom stereocenters. The molecule has 4 heteroatoms. The van der Waals surface area contributed by atoms with Crippen molar-refractivity contribution in [3.05, 3.63) is 34.6 Å². The minimum atomic E-state index is -0.192. The summed E-state index contributed by atoms with van der Waals surface area (Å²) < 4.78 is 19.5. The van der Waals surface area contributed by atoms with Crippen LogP contribution in [0.1, 0.15) is 32.3 Å². The van der Waals surface area contributed by atoms with Gasteiger partial charge in [-0.05, 0) is 51.9 Å². The van der Waals surface area contributed by atoms with E-state index < -0.39 is 0 Å². The van der Waals surface area contributed by atoms with Gasteiger partial charge in [0.1, 0.15) is 5.82 Å². The Morgan fingerprint density at radius 1 is 1.47 bits per heavy atom. The molecule has 1 aliphatic heterocycles. The SMILES string of the molecule is CN(Cc1cc(Cl)ccc1F)[C@@H]1CCOC(C)(C)C1. The number of hydrogen-bond donors (Lipinski definition) is 0. The number of benzene rings is 1. The number of hydrogen-bond acceptors (Lipinski definition) is 2. The van der Waals surface area contributed by atoms with Crippen molar-refractivity contribution in [3.8, 4) is 0 Å². The molecule has 0 radical (unpaired) electrons. The van der Waals surface area contributed by atoms with Gasteiger partial charge in [-0.25, -0.2) is 4.39 Å². The molecule has 1 fully saturated rings. The van der Waals surface area contributed by atoms with Crippen molar-refractivity contribution in [3.63, 3.8) is 0 Å². The van der Waals surface area contributed by atoms with E-state index in [9.17, 15) is 4.39 Å². The first-order valence-corrected chi connectivity index (χ1v) is 7.03. The fraction of sp³-hybridized carbons (Fsp3) is 0.600. The molecule has 1 aliphatic rings. The molecular formula is C15H21ClFNO. The normalized spacial score (nSPS) is 22.7. The number of halogens is 2. The maximum Gasteiger partial charge on any atom is 0.127 e. The second kappa shape index (κ2) is 5.78. The molecule has 0 aromatic heterocycles. The lowest BCUT2D eigenvalue weighted by molar-refractivity contribution is -0.0810. The molecule has 1 aromatic rings. The molecule has 1 aromatic carbocycles. The molecule has 1 atom stereocenters. The van der Waals surface area contributed by atoms with Gasteiger partial charge >= 0.3 is 0 Å². The number of rotatable bonds is 3. The second-order valence-corrected chi connectivity index (χ2v) is 6.34. The van der Waals surface area contributed by atoms with Crippen LogP contribution >= 0.6 is 11.6 Å². The number of nitrogens with zero attached hydrogens (tertiary/aromatic N) is 1. The molecule has 0 saturated carbocycles. The van der Waals surface area contributed by atoms with Gasteiger partial charge < -0.3 is 4.74 Å². The summed E-state index contributed by atoms with van der Waals surface area (Å²) in [5, 5.41) is 0.581. The molecule has 0 aliphatic carbocycles. The van der Waals surface area contributed by atoms with E-state index in [1.165, 1.54) is 6.07 Å². The van der Waals surface area contributed by atoms with Gasteiger partial charge in [-0.1, -0.05) is 11.6 Å². The van der Waals surface area contributed by atoms with Crippen molar-refractivity contribution >= 4 is 11.6 Å². The van der Waals surface area contributed by atoms with E-state index in [4.69, 9.17) is 16.3 Å². The summed E-state index contributed by atoms with van der Waals surface area (Å²) >= 11 is 5.93. The summed E-state index contributed by atoms with van der Waals surface area (Å²) in [5.41, 5.74) is 0.559. The van der Waals surface area contributed by atoms with Gasteiger partial charge in [0.05, 0.1) is 5.60 Å². The fourth-order valence-corrected chi connectivity index (χ4v) is 2.83. The van der Waals surface area contributed by atoms with Crippen LogP contribution in [0.15, 0.2) is 18.2 Å². The zero-order chi connectivity index (χ0) is 14.0. The smallest absolute Gasteiger partial charge is 0.127 e. The molecule has 1 saturated heterocycles. The lowest BCUT2D eigenvalue weighted by Crippen LogP contribution is -2.44. The van der Waals surface area contributed by atoms with Crippen LogP contribution in [0.3, 0.4) is 0 Å². The van der Waals surface area contributed by atoms with Crippen LogP contribution in [0.4, 0.5) is 4.39 Å². The van der Waals surface area contributed by atoms with E-state index in [2.05, 4.69) is 18.7 Å². The molecular weight excluding hydrogens is 265 g/mol. The Hall–Kier alpha value is -0.640. The topological polar surface area (TPSA) is 12.5 Å². The zero-order valence-electron chi connectivity index (χ0n) is 11.7. The molecule has 106 valence electrons. The summed E-state index contributed by atoms with van der Waals surface area (Å²) in [4.78, 5) is 2.19.